The number of nitrogens with zero attached hydrogens (tertiary/aromatic N) is 3. The monoisotopic (exact) mass is 312 g/mol. The van der Waals surface area contributed by atoms with Crippen LogP contribution in [0.3, 0.4) is 0 Å². The number of ether oxygens (including phenoxy) is 1. The quantitative estimate of drug-likeness (QED) is 0.924. The summed E-state index contributed by atoms with van der Waals surface area (Å²) in [6, 6.07) is 3.66. The van der Waals surface area contributed by atoms with Crippen molar-refractivity contribution in [2.24, 2.45) is 5.73 Å². The average molecular weight is 313 g/mol. The van der Waals surface area contributed by atoms with Crippen molar-refractivity contribution < 1.29 is 9.26 Å². The number of hydrogen-bond acceptors (Lipinski definition) is 6. The van der Waals surface area contributed by atoms with Gasteiger partial charge in [0, 0.05) is 17.8 Å². The third kappa shape index (κ3) is 2.58. The summed E-state index contributed by atoms with van der Waals surface area (Å²) in [5.74, 6) is 0.710. The van der Waals surface area contributed by atoms with E-state index in [4.69, 9.17) is 15.0 Å². The molecule has 0 aromatic carbocycles. The van der Waals surface area contributed by atoms with Crippen molar-refractivity contribution in [3.05, 3.63) is 28.6 Å². The first kappa shape index (κ1) is 13.1. The fourth-order valence-corrected chi connectivity index (χ4v) is 1.88. The smallest absolute Gasteiger partial charge is 0.277 e. The first-order valence-corrected chi connectivity index (χ1v) is 6.07. The van der Waals surface area contributed by atoms with Crippen LogP contribution in [0.25, 0.3) is 11.6 Å². The number of rotatable bonds is 4. The Kier molecular flexibility index (Phi) is 3.74. The number of pyridine rings is 1. The minimum Gasteiger partial charge on any atom is -0.382 e. The van der Waals surface area contributed by atoms with Gasteiger partial charge in [0.05, 0.1) is 6.61 Å². The normalized spacial score (nSPS) is 14.4. The molecule has 0 spiro atoms. The molecule has 96 valence electrons. The highest BCUT2D eigenvalue weighted by molar-refractivity contribution is 9.10. The standard InChI is InChI=1S/C11H13BrN4O2/c1-11(13,6-17-2)10-15-9(18-16-10)8-7(12)4-3-5-14-8/h3-5H,6,13H2,1-2H3. The van der Waals surface area contributed by atoms with E-state index in [9.17, 15) is 0 Å². The predicted molar refractivity (Wildman–Crippen MR) is 68.6 cm³/mol. The molecule has 2 aromatic heterocycles. The summed E-state index contributed by atoms with van der Waals surface area (Å²) in [5.41, 5.74) is 5.83. The summed E-state index contributed by atoms with van der Waals surface area (Å²) >= 11 is 3.38. The first-order valence-electron chi connectivity index (χ1n) is 5.27. The summed E-state index contributed by atoms with van der Waals surface area (Å²) in [6.07, 6.45) is 1.65. The Labute approximate surface area is 113 Å². The van der Waals surface area contributed by atoms with Crippen LogP contribution >= 0.6 is 15.9 Å². The Morgan fingerprint density at radius 1 is 1.56 bits per heavy atom. The van der Waals surface area contributed by atoms with Crippen LogP contribution < -0.4 is 5.73 Å². The van der Waals surface area contributed by atoms with Crippen LogP contribution in [0, 0.1) is 0 Å². The molecule has 0 aliphatic carbocycles. The molecule has 0 aliphatic heterocycles. The number of halogens is 1. The van der Waals surface area contributed by atoms with Gasteiger partial charge in [-0.2, -0.15) is 4.98 Å². The van der Waals surface area contributed by atoms with Crippen molar-refractivity contribution in [3.8, 4) is 11.6 Å². The molecule has 7 heteroatoms. The lowest BCUT2D eigenvalue weighted by Crippen LogP contribution is -2.38. The van der Waals surface area contributed by atoms with Crippen molar-refractivity contribution in [2.75, 3.05) is 13.7 Å². The minimum absolute atomic E-state index is 0.301. The molecule has 0 bridgehead atoms. The lowest BCUT2D eigenvalue weighted by molar-refractivity contribution is 0.135. The van der Waals surface area contributed by atoms with Gasteiger partial charge in [-0.05, 0) is 35.0 Å². The largest absolute Gasteiger partial charge is 0.382 e. The second-order valence-corrected chi connectivity index (χ2v) is 4.96. The minimum atomic E-state index is -0.794. The van der Waals surface area contributed by atoms with Crippen LogP contribution in [0.1, 0.15) is 12.7 Å². The molecular formula is C11H13BrN4O2. The van der Waals surface area contributed by atoms with E-state index in [1.54, 1.807) is 20.2 Å². The van der Waals surface area contributed by atoms with Gasteiger partial charge in [-0.3, -0.25) is 0 Å². The van der Waals surface area contributed by atoms with Crippen molar-refractivity contribution >= 4 is 15.9 Å². The summed E-state index contributed by atoms with van der Waals surface area (Å²) in [4.78, 5) is 8.43. The molecule has 1 unspecified atom stereocenters. The predicted octanol–water partition coefficient (Wildman–Crippen LogP) is 1.71. The average Bonchev–Trinajstić information content (AvgIpc) is 2.79. The highest BCUT2D eigenvalue weighted by Gasteiger charge is 2.28. The Balaban J connectivity index is 2.34. The zero-order valence-corrected chi connectivity index (χ0v) is 11.6. The number of hydrogen-bond donors (Lipinski definition) is 1. The maximum Gasteiger partial charge on any atom is 0.277 e. The molecule has 0 fully saturated rings. The lowest BCUT2D eigenvalue weighted by atomic mass is 10.1. The SMILES string of the molecule is COCC(C)(N)c1noc(-c2ncccc2Br)n1. The van der Waals surface area contributed by atoms with Crippen LogP contribution in [-0.4, -0.2) is 28.8 Å². The second-order valence-electron chi connectivity index (χ2n) is 4.11. The van der Waals surface area contributed by atoms with E-state index in [0.29, 0.717) is 24.0 Å². The van der Waals surface area contributed by atoms with Crippen molar-refractivity contribution in [2.45, 2.75) is 12.5 Å². The van der Waals surface area contributed by atoms with Crippen LogP contribution in [0.15, 0.2) is 27.3 Å². The Morgan fingerprint density at radius 2 is 2.33 bits per heavy atom. The van der Waals surface area contributed by atoms with Gasteiger partial charge in [-0.1, -0.05) is 5.16 Å². The molecule has 2 heterocycles. The molecule has 18 heavy (non-hydrogen) atoms. The van der Waals surface area contributed by atoms with Gasteiger partial charge >= 0.3 is 0 Å². The molecule has 1 atom stereocenters. The summed E-state index contributed by atoms with van der Waals surface area (Å²) in [5, 5.41) is 3.87. The molecule has 2 aromatic rings. The lowest BCUT2D eigenvalue weighted by Gasteiger charge is -2.18. The summed E-state index contributed by atoms with van der Waals surface area (Å²) in [7, 11) is 1.57. The Hall–Kier alpha value is -1.31. The Morgan fingerprint density at radius 3 is 3.00 bits per heavy atom. The molecule has 0 saturated heterocycles. The van der Waals surface area contributed by atoms with Gasteiger partial charge in [0.2, 0.25) is 0 Å². The zero-order chi connectivity index (χ0) is 13.2. The van der Waals surface area contributed by atoms with Crippen molar-refractivity contribution in [3.63, 3.8) is 0 Å². The van der Waals surface area contributed by atoms with Gasteiger partial charge in [-0.25, -0.2) is 4.98 Å². The first-order chi connectivity index (χ1) is 8.54. The molecular weight excluding hydrogens is 300 g/mol. The number of nitrogens with two attached hydrogens (primary N) is 1. The third-order valence-electron chi connectivity index (χ3n) is 2.34. The zero-order valence-electron chi connectivity index (χ0n) is 10.1. The van der Waals surface area contributed by atoms with Gasteiger partial charge in [0.1, 0.15) is 11.2 Å². The number of aromatic nitrogens is 3. The van der Waals surface area contributed by atoms with Gasteiger partial charge in [0.25, 0.3) is 5.89 Å². The van der Waals surface area contributed by atoms with Crippen LogP contribution in [0.5, 0.6) is 0 Å². The summed E-state index contributed by atoms with van der Waals surface area (Å²) in [6.45, 7) is 2.08. The summed E-state index contributed by atoms with van der Waals surface area (Å²) < 4.78 is 11.0. The number of methoxy groups -OCH3 is 1. The topological polar surface area (TPSA) is 87.1 Å². The third-order valence-corrected chi connectivity index (χ3v) is 2.98. The molecule has 2 rings (SSSR count). The maximum atomic E-state index is 6.04. The molecule has 6 nitrogen and oxygen atoms in total. The van der Waals surface area contributed by atoms with Gasteiger partial charge in [0.15, 0.2) is 5.82 Å². The Bertz CT molecular complexity index is 541. The maximum absolute atomic E-state index is 6.04. The highest BCUT2D eigenvalue weighted by Crippen LogP contribution is 2.25. The molecule has 2 N–H and O–H groups in total. The van der Waals surface area contributed by atoms with Crippen LogP contribution in [0.4, 0.5) is 0 Å². The second kappa shape index (κ2) is 5.13. The molecule has 0 amide bonds. The van der Waals surface area contributed by atoms with Crippen molar-refractivity contribution in [1.82, 2.24) is 15.1 Å². The fraction of sp³-hybridized carbons (Fsp3) is 0.364. The molecule has 0 aliphatic rings. The van der Waals surface area contributed by atoms with E-state index in [2.05, 4.69) is 31.1 Å². The molecule has 0 saturated carbocycles. The van der Waals surface area contributed by atoms with E-state index in [1.165, 1.54) is 0 Å². The fourth-order valence-electron chi connectivity index (χ4n) is 1.46. The van der Waals surface area contributed by atoms with E-state index in [1.807, 2.05) is 12.1 Å². The van der Waals surface area contributed by atoms with Gasteiger partial charge < -0.3 is 15.0 Å². The van der Waals surface area contributed by atoms with E-state index in [0.717, 1.165) is 4.47 Å². The van der Waals surface area contributed by atoms with Crippen LogP contribution in [0.2, 0.25) is 0 Å². The highest BCUT2D eigenvalue weighted by atomic mass is 79.9. The van der Waals surface area contributed by atoms with E-state index in [-0.39, 0.29) is 0 Å². The van der Waals surface area contributed by atoms with E-state index < -0.39 is 5.54 Å². The molecule has 0 radical (unpaired) electrons. The van der Waals surface area contributed by atoms with E-state index >= 15 is 0 Å². The van der Waals surface area contributed by atoms with Crippen molar-refractivity contribution in [1.29, 1.82) is 0 Å². The van der Waals surface area contributed by atoms with Crippen LogP contribution in [-0.2, 0) is 10.3 Å². The van der Waals surface area contributed by atoms with Gasteiger partial charge in [-0.15, -0.1) is 0 Å².